The lowest BCUT2D eigenvalue weighted by atomic mass is 10.2. The minimum atomic E-state index is -0.835. The molecule has 5 aromatic rings. The second-order valence-corrected chi connectivity index (χ2v) is 16.2. The average Bonchev–Trinajstić information content (AvgIpc) is 3.64. The van der Waals surface area contributed by atoms with Crippen molar-refractivity contribution in [2.45, 2.75) is 19.4 Å². The number of halogens is 1. The minimum Gasteiger partial charge on any atom is -0.462 e. The van der Waals surface area contributed by atoms with E-state index in [1.165, 1.54) is 17.3 Å². The van der Waals surface area contributed by atoms with Gasteiger partial charge >= 0.3 is 11.9 Å². The van der Waals surface area contributed by atoms with Crippen molar-refractivity contribution >= 4 is 62.3 Å². The van der Waals surface area contributed by atoms with E-state index in [1.54, 1.807) is 36.4 Å². The van der Waals surface area contributed by atoms with Gasteiger partial charge < -0.3 is 28.7 Å². The van der Waals surface area contributed by atoms with E-state index in [2.05, 4.69) is 74.0 Å². The number of para-hydroxylation sites is 1. The molecular weight excluding hydrogens is 879 g/mol. The topological polar surface area (TPSA) is 166 Å². The summed E-state index contributed by atoms with van der Waals surface area (Å²) >= 11 is 5.22. The fraction of sp³-hybridized carbons (Fsp3) is 0.311. The van der Waals surface area contributed by atoms with Crippen molar-refractivity contribution < 1.29 is 28.9 Å². The van der Waals surface area contributed by atoms with E-state index in [0.29, 0.717) is 13.2 Å². The van der Waals surface area contributed by atoms with E-state index < -0.39 is 27.2 Å². The molecule has 15 nitrogen and oxygen atoms in total. The zero-order valence-corrected chi connectivity index (χ0v) is 38.3. The number of carbonyl (C=O) groups is 2. The van der Waals surface area contributed by atoms with Crippen LogP contribution in [0, 0.1) is 20.2 Å². The van der Waals surface area contributed by atoms with E-state index in [-0.39, 0.29) is 18.1 Å². The number of hydrogen-bond donors (Lipinski definition) is 0. The monoisotopic (exact) mass is 931 g/mol. The third-order valence-electron chi connectivity index (χ3n) is 8.44. The van der Waals surface area contributed by atoms with Gasteiger partial charge in [0.2, 0.25) is 0 Å². The number of carbonyl (C=O) groups excluding carboxylic acids is 2. The molecular formula is C45H54BrN7O8S. The normalized spacial score (nSPS) is 11.2. The van der Waals surface area contributed by atoms with Crippen LogP contribution in [0.4, 0.5) is 17.1 Å². The lowest BCUT2D eigenvalue weighted by Gasteiger charge is -2.12. The molecule has 17 heteroatoms. The Balaban J connectivity index is 0.000000253. The summed E-state index contributed by atoms with van der Waals surface area (Å²) in [5, 5.41) is 23.6. The first-order valence-corrected chi connectivity index (χ1v) is 21.3. The fourth-order valence-corrected chi connectivity index (χ4v) is 6.52. The maximum atomic E-state index is 11.7. The van der Waals surface area contributed by atoms with Gasteiger partial charge in [0, 0.05) is 47.7 Å². The summed E-state index contributed by atoms with van der Waals surface area (Å²) in [5.41, 5.74) is 3.16. The second kappa shape index (κ2) is 27.2. The molecule has 330 valence electrons. The number of non-ortho nitro benzene ring substituents is 2. The number of benzene rings is 4. The Hall–Kier alpha value is -5.85. The molecule has 0 saturated carbocycles. The minimum absolute atomic E-state index is 0.0856. The van der Waals surface area contributed by atoms with Crippen molar-refractivity contribution in [3.63, 3.8) is 0 Å². The maximum absolute atomic E-state index is 11.7. The number of nitrogens with zero attached hydrogens (tertiary/aromatic N) is 7. The number of esters is 2. The number of ether oxygens (including phenoxy) is 2. The standard InChI is InChI=1S/C20H22BrN3S.C14H19NO2.C11H13N3O6/c1-23(2)13-6-14-24-19(16-9-11-17(21)12-10-16)15-25-20(24)22-18-7-4-3-5-8-18;1-15(2)11-6-12-17-14(16)10-9-13-7-4-3-5-8-13;1-12(2)3-4-20-11(15)8-5-9(13(16)17)7-10(6-8)14(18)19/h3-5,7-12,15H,6,13-14H2,1-2H3;3-5,7-10H,6,11-12H2,1-2H3;5-7H,3-4H2,1-2H3. The molecule has 0 aliphatic rings. The highest BCUT2D eigenvalue weighted by Crippen LogP contribution is 2.24. The number of nitro benzene ring substituents is 2. The van der Waals surface area contributed by atoms with Crippen LogP contribution in [0.1, 0.15) is 28.8 Å². The highest BCUT2D eigenvalue weighted by Gasteiger charge is 2.20. The van der Waals surface area contributed by atoms with Gasteiger partial charge in [0.1, 0.15) is 6.61 Å². The molecule has 1 aromatic heterocycles. The van der Waals surface area contributed by atoms with Crippen molar-refractivity contribution in [2.75, 3.05) is 75.1 Å². The van der Waals surface area contributed by atoms with Crippen LogP contribution in [0.2, 0.25) is 0 Å². The van der Waals surface area contributed by atoms with Gasteiger partial charge in [0.05, 0.1) is 39.5 Å². The van der Waals surface area contributed by atoms with Gasteiger partial charge in [-0.3, -0.25) is 20.2 Å². The van der Waals surface area contributed by atoms with Crippen molar-refractivity contribution in [3.05, 3.63) is 155 Å². The molecule has 0 spiro atoms. The molecule has 62 heavy (non-hydrogen) atoms. The van der Waals surface area contributed by atoms with Crippen molar-refractivity contribution in [3.8, 4) is 11.3 Å². The lowest BCUT2D eigenvalue weighted by Crippen LogP contribution is -2.20. The Bertz CT molecular complexity index is 2230. The fourth-order valence-electron chi connectivity index (χ4n) is 5.30. The molecule has 5 rings (SSSR count). The molecule has 0 aliphatic heterocycles. The smallest absolute Gasteiger partial charge is 0.338 e. The molecule has 0 aliphatic carbocycles. The maximum Gasteiger partial charge on any atom is 0.338 e. The highest BCUT2D eigenvalue weighted by atomic mass is 79.9. The molecule has 4 aromatic carbocycles. The molecule has 0 radical (unpaired) electrons. The number of nitro groups is 2. The Morgan fingerprint density at radius 2 is 1.31 bits per heavy atom. The summed E-state index contributed by atoms with van der Waals surface area (Å²) in [6.45, 7) is 3.98. The predicted octanol–water partition coefficient (Wildman–Crippen LogP) is 8.58. The predicted molar refractivity (Wildman–Crippen MR) is 248 cm³/mol. The largest absolute Gasteiger partial charge is 0.462 e. The van der Waals surface area contributed by atoms with E-state index in [4.69, 9.17) is 14.5 Å². The molecule has 0 atom stereocenters. The van der Waals surface area contributed by atoms with Crippen molar-refractivity contribution in [2.24, 2.45) is 4.99 Å². The van der Waals surface area contributed by atoms with Crippen LogP contribution in [-0.2, 0) is 20.8 Å². The summed E-state index contributed by atoms with van der Waals surface area (Å²) in [7, 11) is 11.8. The summed E-state index contributed by atoms with van der Waals surface area (Å²) < 4.78 is 13.4. The molecule has 0 saturated heterocycles. The first kappa shape index (κ1) is 50.5. The molecule has 0 amide bonds. The summed E-state index contributed by atoms with van der Waals surface area (Å²) in [4.78, 5) is 54.8. The van der Waals surface area contributed by atoms with Gasteiger partial charge in [-0.05, 0) is 103 Å². The Morgan fingerprint density at radius 3 is 1.87 bits per heavy atom. The average molecular weight is 933 g/mol. The molecule has 0 fully saturated rings. The summed E-state index contributed by atoms with van der Waals surface area (Å²) in [5.74, 6) is -1.12. The van der Waals surface area contributed by atoms with Gasteiger partial charge in [-0.2, -0.15) is 0 Å². The quantitative estimate of drug-likeness (QED) is 0.0272. The number of thiazole rings is 1. The first-order valence-electron chi connectivity index (χ1n) is 19.6. The van der Waals surface area contributed by atoms with Gasteiger partial charge in [-0.25, -0.2) is 14.6 Å². The van der Waals surface area contributed by atoms with Gasteiger partial charge in [-0.15, -0.1) is 11.3 Å². The van der Waals surface area contributed by atoms with Crippen molar-refractivity contribution in [1.82, 2.24) is 19.3 Å². The SMILES string of the molecule is CN(C)CCCOC(=O)C=Cc1ccccc1.CN(C)CCCn1c(-c2ccc(Br)cc2)csc1=Nc1ccccc1.CN(C)CCOC(=O)c1cc([N+](=O)[O-])cc([N+](=O)[O-])c1. The van der Waals surface area contributed by atoms with E-state index in [0.717, 1.165) is 71.2 Å². The van der Waals surface area contributed by atoms with Crippen LogP contribution in [0.15, 0.2) is 124 Å². The van der Waals surface area contributed by atoms with Crippen LogP contribution < -0.4 is 4.80 Å². The van der Waals surface area contributed by atoms with Crippen LogP contribution in [-0.4, -0.2) is 116 Å². The zero-order chi connectivity index (χ0) is 45.4. The molecule has 0 N–H and O–H groups in total. The Labute approximate surface area is 375 Å². The summed E-state index contributed by atoms with van der Waals surface area (Å²) in [6, 6.07) is 31.0. The van der Waals surface area contributed by atoms with Gasteiger partial charge in [-0.1, -0.05) is 76.6 Å². The van der Waals surface area contributed by atoms with Crippen LogP contribution in [0.3, 0.4) is 0 Å². The number of aromatic nitrogens is 1. The molecule has 0 unspecified atom stereocenters. The third kappa shape index (κ3) is 19.2. The van der Waals surface area contributed by atoms with E-state index in [9.17, 15) is 29.8 Å². The summed E-state index contributed by atoms with van der Waals surface area (Å²) in [6.07, 6.45) is 5.17. The number of likely N-dealkylation sites (N-methyl/N-ethyl adjacent to an activating group) is 1. The van der Waals surface area contributed by atoms with Crippen LogP contribution >= 0.6 is 27.3 Å². The van der Waals surface area contributed by atoms with Gasteiger partial charge in [0.15, 0.2) is 4.80 Å². The Morgan fingerprint density at radius 1 is 0.742 bits per heavy atom. The molecule has 1 heterocycles. The Kier molecular flexibility index (Phi) is 22.1. The highest BCUT2D eigenvalue weighted by molar-refractivity contribution is 9.10. The van der Waals surface area contributed by atoms with Crippen LogP contribution in [0.5, 0.6) is 0 Å². The van der Waals surface area contributed by atoms with Crippen molar-refractivity contribution in [1.29, 1.82) is 0 Å². The van der Waals surface area contributed by atoms with E-state index >= 15 is 0 Å². The van der Waals surface area contributed by atoms with Gasteiger partial charge in [0.25, 0.3) is 11.4 Å². The zero-order valence-electron chi connectivity index (χ0n) is 35.9. The lowest BCUT2D eigenvalue weighted by molar-refractivity contribution is -0.394. The third-order valence-corrected chi connectivity index (χ3v) is 9.83. The number of hydrogen-bond acceptors (Lipinski definition) is 13. The van der Waals surface area contributed by atoms with Crippen LogP contribution in [0.25, 0.3) is 17.3 Å². The second-order valence-electron chi connectivity index (χ2n) is 14.4. The number of rotatable bonds is 18. The van der Waals surface area contributed by atoms with E-state index in [1.807, 2.05) is 74.8 Å². The first-order chi connectivity index (χ1) is 29.6. The molecule has 0 bridgehead atoms.